The SMILES string of the molecule is Cc1ccc(-c2ccc([C@@H]3[C@@H](c4ccccn4)NC(=S)N3Cc3ccccc3)o2)cc1Cl. The summed E-state index contributed by atoms with van der Waals surface area (Å²) in [4.78, 5) is 6.77. The van der Waals surface area contributed by atoms with E-state index in [1.807, 2.05) is 73.7 Å². The number of benzene rings is 2. The Hall–Kier alpha value is -3.15. The van der Waals surface area contributed by atoms with Gasteiger partial charge in [-0.2, -0.15) is 0 Å². The van der Waals surface area contributed by atoms with Gasteiger partial charge >= 0.3 is 0 Å². The van der Waals surface area contributed by atoms with Crippen molar-refractivity contribution in [3.8, 4) is 11.3 Å². The van der Waals surface area contributed by atoms with Gasteiger partial charge in [-0.1, -0.05) is 60.1 Å². The second kappa shape index (κ2) is 8.77. The minimum atomic E-state index is -0.132. The van der Waals surface area contributed by atoms with E-state index >= 15 is 0 Å². The summed E-state index contributed by atoms with van der Waals surface area (Å²) >= 11 is 12.1. The number of aryl methyl sites for hydroxylation is 1. The Morgan fingerprint density at radius 2 is 1.84 bits per heavy atom. The first-order valence-corrected chi connectivity index (χ1v) is 11.3. The van der Waals surface area contributed by atoms with Gasteiger partial charge in [-0.05, 0) is 60.6 Å². The first-order chi connectivity index (χ1) is 15.6. The van der Waals surface area contributed by atoms with Crippen LogP contribution < -0.4 is 5.32 Å². The molecule has 0 saturated carbocycles. The van der Waals surface area contributed by atoms with Crippen LogP contribution in [0.2, 0.25) is 5.02 Å². The van der Waals surface area contributed by atoms with Crippen molar-refractivity contribution < 1.29 is 4.42 Å². The van der Waals surface area contributed by atoms with Crippen LogP contribution in [0.25, 0.3) is 11.3 Å². The van der Waals surface area contributed by atoms with Crippen LogP contribution in [0.3, 0.4) is 0 Å². The zero-order chi connectivity index (χ0) is 22.1. The van der Waals surface area contributed by atoms with E-state index in [9.17, 15) is 0 Å². The van der Waals surface area contributed by atoms with E-state index in [4.69, 9.17) is 28.2 Å². The third-order valence-corrected chi connectivity index (χ3v) is 6.53. The van der Waals surface area contributed by atoms with E-state index in [0.29, 0.717) is 11.7 Å². The van der Waals surface area contributed by atoms with Crippen LogP contribution in [-0.4, -0.2) is 15.0 Å². The molecule has 3 heterocycles. The van der Waals surface area contributed by atoms with Crippen molar-refractivity contribution in [2.24, 2.45) is 0 Å². The Bertz CT molecular complexity index is 1240. The van der Waals surface area contributed by atoms with Crippen molar-refractivity contribution in [1.29, 1.82) is 0 Å². The number of halogens is 1. The molecule has 2 aromatic carbocycles. The van der Waals surface area contributed by atoms with Gasteiger partial charge in [0.05, 0.1) is 11.7 Å². The molecule has 1 saturated heterocycles. The molecule has 6 heteroatoms. The van der Waals surface area contributed by atoms with E-state index in [2.05, 4.69) is 27.3 Å². The largest absolute Gasteiger partial charge is 0.459 e. The quantitative estimate of drug-likeness (QED) is 0.346. The Kier molecular flexibility index (Phi) is 5.68. The van der Waals surface area contributed by atoms with Gasteiger partial charge in [-0.3, -0.25) is 4.98 Å². The van der Waals surface area contributed by atoms with Crippen LogP contribution in [-0.2, 0) is 6.54 Å². The first kappa shape index (κ1) is 20.7. The molecule has 0 bridgehead atoms. The maximum absolute atomic E-state index is 6.39. The molecule has 32 heavy (non-hydrogen) atoms. The third kappa shape index (κ3) is 4.01. The number of nitrogens with zero attached hydrogens (tertiary/aromatic N) is 2. The first-order valence-electron chi connectivity index (χ1n) is 10.5. The number of thiocarbonyl (C=S) groups is 1. The average molecular weight is 460 g/mol. The van der Waals surface area contributed by atoms with Crippen LogP contribution in [0.4, 0.5) is 0 Å². The van der Waals surface area contributed by atoms with E-state index in [-0.39, 0.29) is 12.1 Å². The van der Waals surface area contributed by atoms with Gasteiger partial charge in [-0.25, -0.2) is 0 Å². The number of furan rings is 1. The molecule has 1 aliphatic rings. The minimum absolute atomic E-state index is 0.118. The second-order valence-corrected chi connectivity index (χ2v) is 8.70. The Balaban J connectivity index is 1.54. The maximum atomic E-state index is 6.39. The van der Waals surface area contributed by atoms with Gasteiger partial charge in [0, 0.05) is 23.3 Å². The molecule has 4 nitrogen and oxygen atoms in total. The summed E-state index contributed by atoms with van der Waals surface area (Å²) in [6.45, 7) is 2.66. The molecule has 2 aromatic heterocycles. The Morgan fingerprint density at radius 3 is 2.59 bits per heavy atom. The van der Waals surface area contributed by atoms with Crippen molar-refractivity contribution in [2.45, 2.75) is 25.6 Å². The van der Waals surface area contributed by atoms with Crippen LogP contribution in [0.1, 0.15) is 34.7 Å². The summed E-state index contributed by atoms with van der Waals surface area (Å²) in [7, 11) is 0. The summed E-state index contributed by atoms with van der Waals surface area (Å²) in [6.07, 6.45) is 1.80. The highest BCUT2D eigenvalue weighted by Crippen LogP contribution is 2.41. The monoisotopic (exact) mass is 459 g/mol. The molecular formula is C26H22ClN3OS. The molecular weight excluding hydrogens is 438 g/mol. The van der Waals surface area contributed by atoms with Crippen LogP contribution in [0.5, 0.6) is 0 Å². The fraction of sp³-hybridized carbons (Fsp3) is 0.154. The molecule has 4 aromatic rings. The Labute approximate surface area is 197 Å². The normalized spacial score (nSPS) is 18.1. The summed E-state index contributed by atoms with van der Waals surface area (Å²) in [5.41, 5.74) is 4.09. The average Bonchev–Trinajstić information content (AvgIpc) is 3.42. The molecule has 0 spiro atoms. The lowest BCUT2D eigenvalue weighted by Gasteiger charge is -2.26. The van der Waals surface area contributed by atoms with Crippen LogP contribution >= 0.6 is 23.8 Å². The van der Waals surface area contributed by atoms with Gasteiger partial charge < -0.3 is 14.6 Å². The molecule has 0 radical (unpaired) electrons. The number of aromatic nitrogens is 1. The van der Waals surface area contributed by atoms with Gasteiger partial charge in [0.15, 0.2) is 5.11 Å². The van der Waals surface area contributed by atoms with Crippen molar-refractivity contribution in [3.05, 3.63) is 113 Å². The van der Waals surface area contributed by atoms with E-state index in [1.165, 1.54) is 5.56 Å². The van der Waals surface area contributed by atoms with Crippen molar-refractivity contribution in [3.63, 3.8) is 0 Å². The van der Waals surface area contributed by atoms with Crippen LogP contribution in [0, 0.1) is 6.92 Å². The predicted molar refractivity (Wildman–Crippen MR) is 131 cm³/mol. The smallest absolute Gasteiger partial charge is 0.170 e. The highest BCUT2D eigenvalue weighted by molar-refractivity contribution is 7.80. The van der Waals surface area contributed by atoms with E-state index in [0.717, 1.165) is 33.4 Å². The van der Waals surface area contributed by atoms with Gasteiger partial charge in [0.2, 0.25) is 0 Å². The van der Waals surface area contributed by atoms with Gasteiger partial charge in [0.25, 0.3) is 0 Å². The zero-order valence-corrected chi connectivity index (χ0v) is 19.1. The van der Waals surface area contributed by atoms with Crippen molar-refractivity contribution >= 4 is 28.9 Å². The zero-order valence-electron chi connectivity index (χ0n) is 17.5. The number of hydrogen-bond donors (Lipinski definition) is 1. The Morgan fingerprint density at radius 1 is 1.03 bits per heavy atom. The lowest BCUT2D eigenvalue weighted by molar-refractivity contribution is 0.269. The number of pyridine rings is 1. The summed E-state index contributed by atoms with van der Waals surface area (Å²) < 4.78 is 6.39. The standard InChI is InChI=1S/C26H22ClN3OS/c1-17-10-11-19(15-20(17)27)22-12-13-23(31-22)25-24(21-9-5-6-14-28-21)29-26(32)30(25)16-18-7-3-2-4-8-18/h2-15,24-25H,16H2,1H3,(H,29,32)/t24-,25-/m1/s1. The third-order valence-electron chi connectivity index (χ3n) is 5.77. The molecule has 1 fully saturated rings. The fourth-order valence-corrected chi connectivity index (χ4v) is 4.56. The number of hydrogen-bond acceptors (Lipinski definition) is 3. The second-order valence-electron chi connectivity index (χ2n) is 7.91. The molecule has 0 aliphatic carbocycles. The van der Waals surface area contributed by atoms with Gasteiger partial charge in [0.1, 0.15) is 17.6 Å². The predicted octanol–water partition coefficient (Wildman–Crippen LogP) is 6.48. The van der Waals surface area contributed by atoms with Crippen molar-refractivity contribution in [1.82, 2.24) is 15.2 Å². The summed E-state index contributed by atoms with van der Waals surface area (Å²) in [6, 6.07) is 26.0. The number of nitrogens with one attached hydrogen (secondary N) is 1. The van der Waals surface area contributed by atoms with E-state index in [1.54, 1.807) is 6.20 Å². The lowest BCUT2D eigenvalue weighted by Crippen LogP contribution is -2.29. The molecule has 1 N–H and O–H groups in total. The maximum Gasteiger partial charge on any atom is 0.170 e. The fourth-order valence-electron chi connectivity index (χ4n) is 4.08. The molecule has 5 rings (SSSR count). The van der Waals surface area contributed by atoms with Gasteiger partial charge in [-0.15, -0.1) is 0 Å². The number of rotatable bonds is 5. The molecule has 0 amide bonds. The molecule has 1 aliphatic heterocycles. The molecule has 160 valence electrons. The minimum Gasteiger partial charge on any atom is -0.459 e. The van der Waals surface area contributed by atoms with Crippen molar-refractivity contribution in [2.75, 3.05) is 0 Å². The molecule has 2 atom stereocenters. The summed E-state index contributed by atoms with van der Waals surface area (Å²) in [5.74, 6) is 1.61. The van der Waals surface area contributed by atoms with Crippen LogP contribution in [0.15, 0.2) is 89.5 Å². The van der Waals surface area contributed by atoms with E-state index < -0.39 is 0 Å². The summed E-state index contributed by atoms with van der Waals surface area (Å²) in [5, 5.41) is 4.88. The topological polar surface area (TPSA) is 41.3 Å². The molecule has 0 unspecified atom stereocenters. The highest BCUT2D eigenvalue weighted by Gasteiger charge is 2.41. The highest BCUT2D eigenvalue weighted by atomic mass is 35.5. The lowest BCUT2D eigenvalue weighted by atomic mass is 10.0.